The van der Waals surface area contributed by atoms with E-state index in [4.69, 9.17) is 9.72 Å². The van der Waals surface area contributed by atoms with Gasteiger partial charge in [-0.2, -0.15) is 0 Å². The Balaban J connectivity index is 1.06. The fourth-order valence-corrected chi connectivity index (χ4v) is 5.28. The van der Waals surface area contributed by atoms with Crippen LogP contribution in [-0.4, -0.2) is 55.1 Å². The molecular formula is C28H30N4O2S. The monoisotopic (exact) mass is 486 g/mol. The number of carbonyl (C=O) groups excluding carboxylic acids is 1. The molecule has 0 spiro atoms. The van der Waals surface area contributed by atoms with Crippen molar-refractivity contribution in [3.05, 3.63) is 83.9 Å². The molecule has 2 heterocycles. The number of ether oxygens (including phenoxy) is 1. The summed E-state index contributed by atoms with van der Waals surface area (Å²) < 4.78 is 7.06. The number of nitrogens with zero attached hydrogens (tertiary/aromatic N) is 3. The van der Waals surface area contributed by atoms with E-state index in [0.29, 0.717) is 17.9 Å². The molecule has 0 radical (unpaired) electrons. The highest BCUT2D eigenvalue weighted by molar-refractivity contribution is 7.22. The number of rotatable bonds is 8. The van der Waals surface area contributed by atoms with Gasteiger partial charge in [-0.1, -0.05) is 42.5 Å². The third-order valence-corrected chi connectivity index (χ3v) is 7.38. The standard InChI is InChI=1S/C28H30N4O2S/c1-2-21-8-13-25-26(20-21)35-28(30-25)32-18-16-31(17-19-32)15-14-29-27(33)22-9-11-24(12-10-22)34-23-6-4-3-5-7-23/h3-13,20H,2,14-19H2,1H3,(H,29,33). The van der Waals surface area contributed by atoms with E-state index in [2.05, 4.69) is 40.2 Å². The van der Waals surface area contributed by atoms with Gasteiger partial charge in [0.05, 0.1) is 10.2 Å². The summed E-state index contributed by atoms with van der Waals surface area (Å²) in [5.74, 6) is 1.43. The van der Waals surface area contributed by atoms with E-state index < -0.39 is 0 Å². The largest absolute Gasteiger partial charge is 0.457 e. The molecule has 0 aliphatic carbocycles. The van der Waals surface area contributed by atoms with E-state index in [1.54, 1.807) is 23.5 Å². The Labute approximate surface area is 210 Å². The summed E-state index contributed by atoms with van der Waals surface area (Å²) in [7, 11) is 0. The number of para-hydroxylation sites is 1. The number of anilines is 1. The molecule has 0 bridgehead atoms. The Morgan fingerprint density at radius 3 is 2.46 bits per heavy atom. The summed E-state index contributed by atoms with van der Waals surface area (Å²) in [5, 5.41) is 4.15. The summed E-state index contributed by atoms with van der Waals surface area (Å²) in [4.78, 5) is 22.2. The van der Waals surface area contributed by atoms with Crippen molar-refractivity contribution in [1.82, 2.24) is 15.2 Å². The first-order valence-electron chi connectivity index (χ1n) is 12.2. The first-order valence-corrected chi connectivity index (χ1v) is 13.0. The lowest BCUT2D eigenvalue weighted by atomic mass is 10.2. The summed E-state index contributed by atoms with van der Waals surface area (Å²) in [6, 6.07) is 23.4. The maximum absolute atomic E-state index is 12.5. The Kier molecular flexibility index (Phi) is 7.25. The Morgan fingerprint density at radius 1 is 0.971 bits per heavy atom. The highest BCUT2D eigenvalue weighted by Gasteiger charge is 2.20. The van der Waals surface area contributed by atoms with Crippen molar-refractivity contribution in [2.75, 3.05) is 44.2 Å². The summed E-state index contributed by atoms with van der Waals surface area (Å²) in [6.07, 6.45) is 1.05. The Hall–Kier alpha value is -3.42. The van der Waals surface area contributed by atoms with Crippen LogP contribution in [-0.2, 0) is 6.42 Å². The van der Waals surface area contributed by atoms with Gasteiger partial charge < -0.3 is 15.0 Å². The SMILES string of the molecule is CCc1ccc2nc(N3CCN(CCNC(=O)c4ccc(Oc5ccccc5)cc4)CC3)sc2c1. The molecule has 0 unspecified atom stereocenters. The lowest BCUT2D eigenvalue weighted by molar-refractivity contribution is 0.0948. The minimum absolute atomic E-state index is 0.0594. The zero-order valence-corrected chi connectivity index (χ0v) is 20.8. The van der Waals surface area contributed by atoms with Gasteiger partial charge in [0, 0.05) is 44.8 Å². The van der Waals surface area contributed by atoms with Gasteiger partial charge in [0.25, 0.3) is 5.91 Å². The minimum atomic E-state index is -0.0594. The number of aryl methyl sites for hydroxylation is 1. The maximum atomic E-state index is 12.5. The van der Waals surface area contributed by atoms with Gasteiger partial charge in [0.1, 0.15) is 11.5 Å². The molecule has 35 heavy (non-hydrogen) atoms. The van der Waals surface area contributed by atoms with Crippen LogP contribution in [0.2, 0.25) is 0 Å². The van der Waals surface area contributed by atoms with E-state index >= 15 is 0 Å². The zero-order valence-electron chi connectivity index (χ0n) is 19.9. The number of thiazole rings is 1. The maximum Gasteiger partial charge on any atom is 0.251 e. The van der Waals surface area contributed by atoms with Gasteiger partial charge in [-0.15, -0.1) is 0 Å². The number of carbonyl (C=O) groups is 1. The van der Waals surface area contributed by atoms with E-state index in [9.17, 15) is 4.79 Å². The fourth-order valence-electron chi connectivity index (χ4n) is 4.20. The Bertz CT molecular complexity index is 1270. The lowest BCUT2D eigenvalue weighted by Gasteiger charge is -2.34. The molecule has 3 aromatic carbocycles. The van der Waals surface area contributed by atoms with Crippen molar-refractivity contribution in [3.8, 4) is 11.5 Å². The number of fused-ring (bicyclic) bond motifs is 1. The number of aromatic nitrogens is 1. The lowest BCUT2D eigenvalue weighted by Crippen LogP contribution is -2.48. The first kappa shape index (κ1) is 23.3. The topological polar surface area (TPSA) is 57.7 Å². The third-order valence-electron chi connectivity index (χ3n) is 6.30. The van der Waals surface area contributed by atoms with Crippen LogP contribution in [0.3, 0.4) is 0 Å². The molecule has 4 aromatic rings. The highest BCUT2D eigenvalue weighted by atomic mass is 32.1. The third kappa shape index (κ3) is 5.81. The van der Waals surface area contributed by atoms with Crippen LogP contribution in [0.15, 0.2) is 72.8 Å². The molecule has 1 aliphatic rings. The number of amides is 1. The molecule has 7 heteroatoms. The number of hydrogen-bond donors (Lipinski definition) is 1. The molecule has 1 aromatic heterocycles. The predicted octanol–water partition coefficient (Wildman–Crippen LogP) is 5.20. The number of piperazine rings is 1. The predicted molar refractivity (Wildman–Crippen MR) is 143 cm³/mol. The average Bonchev–Trinajstić information content (AvgIpc) is 3.33. The molecule has 1 fully saturated rings. The zero-order chi connectivity index (χ0) is 24.0. The smallest absolute Gasteiger partial charge is 0.251 e. The van der Waals surface area contributed by atoms with Crippen molar-refractivity contribution >= 4 is 32.6 Å². The van der Waals surface area contributed by atoms with Crippen LogP contribution in [0, 0.1) is 0 Å². The van der Waals surface area contributed by atoms with Crippen molar-refractivity contribution < 1.29 is 9.53 Å². The minimum Gasteiger partial charge on any atom is -0.457 e. The van der Waals surface area contributed by atoms with Gasteiger partial charge in [0.15, 0.2) is 5.13 Å². The molecular weight excluding hydrogens is 456 g/mol. The van der Waals surface area contributed by atoms with Crippen LogP contribution < -0.4 is 15.0 Å². The fraction of sp³-hybridized carbons (Fsp3) is 0.286. The van der Waals surface area contributed by atoms with E-state index in [0.717, 1.165) is 55.5 Å². The quantitative estimate of drug-likeness (QED) is 0.371. The molecule has 1 aliphatic heterocycles. The van der Waals surface area contributed by atoms with E-state index in [1.165, 1.54) is 10.3 Å². The average molecular weight is 487 g/mol. The van der Waals surface area contributed by atoms with Gasteiger partial charge in [-0.25, -0.2) is 4.98 Å². The number of benzene rings is 3. The van der Waals surface area contributed by atoms with Crippen LogP contribution >= 0.6 is 11.3 Å². The second-order valence-corrected chi connectivity index (χ2v) is 9.69. The van der Waals surface area contributed by atoms with E-state index in [1.807, 2.05) is 42.5 Å². The van der Waals surface area contributed by atoms with Crippen molar-refractivity contribution in [1.29, 1.82) is 0 Å². The van der Waals surface area contributed by atoms with Crippen LogP contribution in [0.25, 0.3) is 10.2 Å². The Morgan fingerprint density at radius 2 is 1.71 bits per heavy atom. The molecule has 1 N–H and O–H groups in total. The first-order chi connectivity index (χ1) is 17.2. The van der Waals surface area contributed by atoms with Crippen molar-refractivity contribution in [2.45, 2.75) is 13.3 Å². The van der Waals surface area contributed by atoms with Crippen molar-refractivity contribution in [3.63, 3.8) is 0 Å². The van der Waals surface area contributed by atoms with Gasteiger partial charge in [-0.05, 0) is 60.5 Å². The summed E-state index contributed by atoms with van der Waals surface area (Å²) in [6.45, 7) is 7.50. The van der Waals surface area contributed by atoms with Crippen molar-refractivity contribution in [2.24, 2.45) is 0 Å². The van der Waals surface area contributed by atoms with Crippen LogP contribution in [0.1, 0.15) is 22.8 Å². The summed E-state index contributed by atoms with van der Waals surface area (Å²) >= 11 is 1.79. The molecule has 1 saturated heterocycles. The molecule has 0 atom stereocenters. The number of hydrogen-bond acceptors (Lipinski definition) is 6. The second kappa shape index (κ2) is 10.9. The molecule has 6 nitrogen and oxygen atoms in total. The van der Waals surface area contributed by atoms with Gasteiger partial charge in [-0.3, -0.25) is 9.69 Å². The highest BCUT2D eigenvalue weighted by Crippen LogP contribution is 2.30. The van der Waals surface area contributed by atoms with Gasteiger partial charge >= 0.3 is 0 Å². The molecule has 0 saturated carbocycles. The van der Waals surface area contributed by atoms with Crippen LogP contribution in [0.5, 0.6) is 11.5 Å². The number of nitrogens with one attached hydrogen (secondary N) is 1. The summed E-state index contributed by atoms with van der Waals surface area (Å²) in [5.41, 5.74) is 3.08. The molecule has 5 rings (SSSR count). The van der Waals surface area contributed by atoms with Gasteiger partial charge in [0.2, 0.25) is 0 Å². The van der Waals surface area contributed by atoms with E-state index in [-0.39, 0.29) is 5.91 Å². The van der Waals surface area contributed by atoms with Crippen LogP contribution in [0.4, 0.5) is 5.13 Å². The second-order valence-electron chi connectivity index (χ2n) is 8.68. The molecule has 1 amide bonds. The molecule has 180 valence electrons. The normalized spacial score (nSPS) is 14.3.